The first kappa shape index (κ1) is 26.4. The molecule has 188 valence electrons. The largest absolute Gasteiger partial charge is 0.481 e. The van der Waals surface area contributed by atoms with Crippen LogP contribution in [-0.2, 0) is 21.4 Å². The summed E-state index contributed by atoms with van der Waals surface area (Å²) in [5.41, 5.74) is 4.18. The van der Waals surface area contributed by atoms with E-state index in [9.17, 15) is 14.7 Å². The molecule has 0 radical (unpaired) electrons. The summed E-state index contributed by atoms with van der Waals surface area (Å²) >= 11 is 0. The summed E-state index contributed by atoms with van der Waals surface area (Å²) in [5.74, 6) is -1.71. The number of esters is 1. The maximum atomic E-state index is 12.2. The third-order valence-corrected chi connectivity index (χ3v) is 6.31. The van der Waals surface area contributed by atoms with Crippen molar-refractivity contribution in [1.82, 2.24) is 9.47 Å². The molecule has 35 heavy (non-hydrogen) atoms. The molecule has 1 unspecified atom stereocenters. The van der Waals surface area contributed by atoms with Gasteiger partial charge in [-0.1, -0.05) is 38.1 Å². The third-order valence-electron chi connectivity index (χ3n) is 6.31. The number of carbonyl (C=O) groups is 2. The van der Waals surface area contributed by atoms with Crippen molar-refractivity contribution >= 4 is 22.8 Å². The Morgan fingerprint density at radius 1 is 1.14 bits per heavy atom. The summed E-state index contributed by atoms with van der Waals surface area (Å²) in [6.07, 6.45) is 1.75. The Balaban J connectivity index is 1.95. The fraction of sp³-hybridized carbons (Fsp3) is 0.429. The zero-order chi connectivity index (χ0) is 25.9. The summed E-state index contributed by atoms with van der Waals surface area (Å²) in [6.45, 7) is 8.75. The lowest BCUT2D eigenvalue weighted by Crippen LogP contribution is -2.26. The summed E-state index contributed by atoms with van der Waals surface area (Å²) in [5, 5.41) is 21.5. The van der Waals surface area contributed by atoms with Crippen molar-refractivity contribution in [3.63, 3.8) is 0 Å². The molecule has 2 aromatic carbocycles. The Hall–Kier alpha value is -3.16. The molecule has 1 atom stereocenters. The van der Waals surface area contributed by atoms with E-state index in [0.29, 0.717) is 12.2 Å². The number of hydrogen-bond acceptors (Lipinski definition) is 5. The molecule has 1 aromatic heterocycles. The Kier molecular flexibility index (Phi) is 8.03. The van der Waals surface area contributed by atoms with Gasteiger partial charge in [0.1, 0.15) is 18.4 Å². The molecule has 0 spiro atoms. The van der Waals surface area contributed by atoms with Crippen molar-refractivity contribution in [3.8, 4) is 5.75 Å². The predicted octanol–water partition coefficient (Wildman–Crippen LogP) is 4.60. The molecule has 0 aliphatic rings. The van der Waals surface area contributed by atoms with Gasteiger partial charge in [-0.2, -0.15) is 0 Å². The van der Waals surface area contributed by atoms with Crippen LogP contribution in [0.4, 0.5) is 0 Å². The molecule has 3 rings (SSSR count). The smallest absolute Gasteiger partial charge is 0.322 e. The van der Waals surface area contributed by atoms with Crippen molar-refractivity contribution in [2.24, 2.45) is 0 Å². The number of carboxylic acids is 1. The zero-order valence-electron chi connectivity index (χ0n) is 21.5. The number of likely N-dealkylation sites (N-methyl/N-ethyl adjacent to an activating group) is 1. The van der Waals surface area contributed by atoms with Crippen LogP contribution in [0.5, 0.6) is 5.75 Å². The van der Waals surface area contributed by atoms with Crippen LogP contribution >= 0.6 is 0 Å². The number of aromatic nitrogens is 1. The van der Waals surface area contributed by atoms with Gasteiger partial charge in [-0.3, -0.25) is 9.59 Å². The molecule has 0 amide bonds. The highest BCUT2D eigenvalue weighted by molar-refractivity contribution is 5.91. The van der Waals surface area contributed by atoms with Crippen molar-refractivity contribution in [3.05, 3.63) is 64.8 Å². The van der Waals surface area contributed by atoms with Crippen LogP contribution in [0.3, 0.4) is 0 Å². The number of para-hydroxylation sites is 1. The Bertz CT molecular complexity index is 1230. The molecule has 7 nitrogen and oxygen atoms in total. The molecule has 0 fully saturated rings. The van der Waals surface area contributed by atoms with Crippen LogP contribution in [0.15, 0.2) is 42.6 Å². The minimum absolute atomic E-state index is 0.343. The highest BCUT2D eigenvalue weighted by Crippen LogP contribution is 2.41. The highest BCUT2D eigenvalue weighted by atomic mass is 16.5. The second kappa shape index (κ2) is 10.6. The lowest BCUT2D eigenvalue weighted by atomic mass is 9.77. The molecule has 0 aliphatic carbocycles. The van der Waals surface area contributed by atoms with Crippen LogP contribution in [-0.4, -0.2) is 52.3 Å². The van der Waals surface area contributed by atoms with Gasteiger partial charge in [0, 0.05) is 30.1 Å². The third kappa shape index (κ3) is 6.29. The number of ether oxygens (including phenoxy) is 1. The number of aryl methyl sites for hydroxylation is 2. The van der Waals surface area contributed by atoms with Crippen molar-refractivity contribution < 1.29 is 24.5 Å². The lowest BCUT2D eigenvalue weighted by Gasteiger charge is -2.32. The minimum atomic E-state index is -1.24. The first-order chi connectivity index (χ1) is 16.4. The molecular formula is C28H36N2O5. The van der Waals surface area contributed by atoms with Gasteiger partial charge in [0.25, 0.3) is 0 Å². The van der Waals surface area contributed by atoms with E-state index in [-0.39, 0.29) is 0 Å². The van der Waals surface area contributed by atoms with E-state index >= 15 is 0 Å². The quantitative estimate of drug-likeness (QED) is 0.250. The number of carbonyl (C=O) groups excluding carboxylic acids is 1. The number of benzene rings is 2. The second-order valence-electron chi connectivity index (χ2n) is 10.2. The van der Waals surface area contributed by atoms with Crippen LogP contribution in [0.1, 0.15) is 55.2 Å². The van der Waals surface area contributed by atoms with Crippen LogP contribution in [0.25, 0.3) is 10.9 Å². The molecule has 3 aromatic rings. The van der Waals surface area contributed by atoms with Crippen LogP contribution in [0, 0.1) is 13.8 Å². The Labute approximate surface area is 206 Å². The fourth-order valence-corrected chi connectivity index (χ4v) is 4.88. The van der Waals surface area contributed by atoms with Crippen molar-refractivity contribution in [2.45, 2.75) is 58.6 Å². The van der Waals surface area contributed by atoms with Crippen molar-refractivity contribution in [1.29, 1.82) is 0 Å². The number of nitrogens with zero attached hydrogens (tertiary/aromatic N) is 2. The van der Waals surface area contributed by atoms with E-state index in [1.807, 2.05) is 76.8 Å². The maximum absolute atomic E-state index is 12.2. The molecule has 0 saturated heterocycles. The Morgan fingerprint density at radius 3 is 2.49 bits per heavy atom. The number of aliphatic hydroxyl groups is 1. The number of carboxylic acid groups (broad SMARTS) is 1. The zero-order valence-corrected chi connectivity index (χ0v) is 21.5. The molecule has 0 bridgehead atoms. The SMILES string of the molecule is Cc1cc(C)c(C(C)(C)CC(O)n2cc(CCN(C)C)c3ccccc32)c(OC(=O)CC(=O)O)c1. The van der Waals surface area contributed by atoms with Crippen LogP contribution in [0.2, 0.25) is 0 Å². The number of aliphatic hydroxyl groups excluding tert-OH is 1. The standard InChI is InChI=1S/C28H36N2O5/c1-18-13-19(2)27(23(14-18)35-26(34)15-25(32)33)28(3,4)16-24(31)30-17-20(11-12-29(5)6)21-9-7-8-10-22(21)30/h7-10,13-14,17,24,31H,11-12,15-16H2,1-6H3,(H,32,33). The predicted molar refractivity (Wildman–Crippen MR) is 137 cm³/mol. The maximum Gasteiger partial charge on any atom is 0.322 e. The summed E-state index contributed by atoms with van der Waals surface area (Å²) in [4.78, 5) is 25.3. The lowest BCUT2D eigenvalue weighted by molar-refractivity contribution is -0.145. The van der Waals surface area contributed by atoms with E-state index in [1.165, 1.54) is 5.56 Å². The van der Waals surface area contributed by atoms with E-state index in [1.54, 1.807) is 6.07 Å². The first-order valence-corrected chi connectivity index (χ1v) is 11.8. The number of rotatable bonds is 10. The molecule has 0 aliphatic heterocycles. The highest BCUT2D eigenvalue weighted by Gasteiger charge is 2.31. The summed E-state index contributed by atoms with van der Waals surface area (Å²) in [6, 6.07) is 11.8. The van der Waals surface area contributed by atoms with Gasteiger partial charge in [0.05, 0.1) is 5.52 Å². The average molecular weight is 481 g/mol. The monoisotopic (exact) mass is 480 g/mol. The molecule has 1 heterocycles. The summed E-state index contributed by atoms with van der Waals surface area (Å²) < 4.78 is 7.43. The van der Waals surface area contributed by atoms with Gasteiger partial charge < -0.3 is 24.4 Å². The van der Waals surface area contributed by atoms with Crippen molar-refractivity contribution in [2.75, 3.05) is 20.6 Å². The summed E-state index contributed by atoms with van der Waals surface area (Å²) in [7, 11) is 4.09. The van der Waals surface area contributed by atoms with Gasteiger partial charge in [-0.05, 0) is 68.6 Å². The topological polar surface area (TPSA) is 92.0 Å². The van der Waals surface area contributed by atoms with E-state index in [4.69, 9.17) is 9.84 Å². The van der Waals surface area contributed by atoms with E-state index in [2.05, 4.69) is 11.0 Å². The van der Waals surface area contributed by atoms with E-state index in [0.717, 1.165) is 40.6 Å². The Morgan fingerprint density at radius 2 is 1.83 bits per heavy atom. The molecule has 2 N–H and O–H groups in total. The molecule has 0 saturated carbocycles. The molecule has 7 heteroatoms. The molecular weight excluding hydrogens is 444 g/mol. The van der Waals surface area contributed by atoms with Gasteiger partial charge in [-0.25, -0.2) is 0 Å². The van der Waals surface area contributed by atoms with Crippen LogP contribution < -0.4 is 4.74 Å². The second-order valence-corrected chi connectivity index (χ2v) is 10.2. The first-order valence-electron chi connectivity index (χ1n) is 11.8. The van der Waals surface area contributed by atoms with E-state index < -0.39 is 30.0 Å². The fourth-order valence-electron chi connectivity index (χ4n) is 4.88. The number of aliphatic carboxylic acids is 1. The van der Waals surface area contributed by atoms with Gasteiger partial charge in [-0.15, -0.1) is 0 Å². The van der Waals surface area contributed by atoms with Gasteiger partial charge >= 0.3 is 11.9 Å². The van der Waals surface area contributed by atoms with Gasteiger partial charge in [0.2, 0.25) is 0 Å². The average Bonchev–Trinajstić information content (AvgIpc) is 3.09. The normalized spacial score (nSPS) is 12.8. The number of hydrogen-bond donors (Lipinski definition) is 2. The number of fused-ring (bicyclic) bond motifs is 1. The minimum Gasteiger partial charge on any atom is -0.481 e. The van der Waals surface area contributed by atoms with Gasteiger partial charge in [0.15, 0.2) is 0 Å².